The number of amides is 2. The van der Waals surface area contributed by atoms with Gasteiger partial charge in [0.1, 0.15) is 0 Å². The van der Waals surface area contributed by atoms with Crippen LogP contribution in [0.5, 0.6) is 0 Å². The Morgan fingerprint density at radius 1 is 0.927 bits per heavy atom. The number of ether oxygens (including phenoxy) is 1. The van der Waals surface area contributed by atoms with E-state index in [1.54, 1.807) is 7.11 Å². The molecule has 7 heteroatoms. The number of rotatable bonds is 6. The van der Waals surface area contributed by atoms with Crippen LogP contribution in [-0.2, 0) is 16.6 Å². The number of methoxy groups -OCH3 is 1. The number of fused-ring (bicyclic) bond motifs is 2. The van der Waals surface area contributed by atoms with E-state index in [0.29, 0.717) is 31.8 Å². The summed E-state index contributed by atoms with van der Waals surface area (Å²) in [7, 11) is 3.67. The van der Waals surface area contributed by atoms with Gasteiger partial charge in [0.15, 0.2) is 0 Å². The zero-order chi connectivity index (χ0) is 28.7. The molecule has 0 N–H and O–H groups in total. The van der Waals surface area contributed by atoms with Crippen LogP contribution in [-0.4, -0.2) is 72.6 Å². The van der Waals surface area contributed by atoms with E-state index in [1.165, 1.54) is 16.8 Å². The van der Waals surface area contributed by atoms with Crippen LogP contribution in [0.4, 0.5) is 5.69 Å². The van der Waals surface area contributed by atoms with Gasteiger partial charge in [0.05, 0.1) is 18.6 Å². The van der Waals surface area contributed by atoms with E-state index in [9.17, 15) is 9.59 Å². The summed E-state index contributed by atoms with van der Waals surface area (Å²) in [4.78, 5) is 34.9. The molecule has 2 aliphatic rings. The fraction of sp³-hybridized carbons (Fsp3) is 0.353. The van der Waals surface area contributed by atoms with Crippen molar-refractivity contribution in [2.75, 3.05) is 51.3 Å². The zero-order valence-corrected chi connectivity index (χ0v) is 24.3. The quantitative estimate of drug-likeness (QED) is 0.336. The molecule has 0 bridgehead atoms. The molecule has 0 radical (unpaired) electrons. The lowest BCUT2D eigenvalue weighted by atomic mass is 9.78. The molecule has 212 valence electrons. The number of benzene rings is 3. The summed E-state index contributed by atoms with van der Waals surface area (Å²) in [5.74, 6) is -0.496. The highest BCUT2D eigenvalue weighted by Crippen LogP contribution is 2.46. The standard InChI is InChI=1S/C34H38N4O3/c1-23-13-14-24(2)30(21-23)36-15-17-37(18-16-36)34(40)31-26-10-5-6-11-27(26)33(39)38(19-20-41-4)32(31)28-22-35(3)29-12-8-7-9-25(28)29/h5-14,21-22,31-32H,15-20H2,1-4H3. The smallest absolute Gasteiger partial charge is 0.254 e. The number of aryl methyl sites for hydroxylation is 3. The molecule has 4 aromatic rings. The Kier molecular flexibility index (Phi) is 7.30. The number of hydrogen-bond acceptors (Lipinski definition) is 4. The number of aromatic nitrogens is 1. The van der Waals surface area contributed by atoms with Crippen LogP contribution in [0, 0.1) is 13.8 Å². The van der Waals surface area contributed by atoms with Crippen molar-refractivity contribution >= 4 is 28.4 Å². The molecule has 6 rings (SSSR count). The maximum Gasteiger partial charge on any atom is 0.254 e. The lowest BCUT2D eigenvalue weighted by Crippen LogP contribution is -2.54. The van der Waals surface area contributed by atoms with Gasteiger partial charge < -0.3 is 24.0 Å². The van der Waals surface area contributed by atoms with Gasteiger partial charge in [0.2, 0.25) is 5.91 Å². The first-order valence-corrected chi connectivity index (χ1v) is 14.4. The predicted octanol–water partition coefficient (Wildman–Crippen LogP) is 5.07. The van der Waals surface area contributed by atoms with Gasteiger partial charge in [-0.3, -0.25) is 9.59 Å². The second kappa shape index (κ2) is 11.1. The second-order valence-electron chi connectivity index (χ2n) is 11.3. The monoisotopic (exact) mass is 550 g/mol. The van der Waals surface area contributed by atoms with E-state index in [-0.39, 0.29) is 11.8 Å². The number of hydrogen-bond donors (Lipinski definition) is 0. The van der Waals surface area contributed by atoms with Crippen LogP contribution in [0.1, 0.15) is 44.6 Å². The summed E-state index contributed by atoms with van der Waals surface area (Å²) in [6.45, 7) is 7.88. The van der Waals surface area contributed by atoms with E-state index in [0.717, 1.165) is 35.1 Å². The Balaban J connectivity index is 1.40. The van der Waals surface area contributed by atoms with Crippen LogP contribution in [0.25, 0.3) is 10.9 Å². The first-order valence-electron chi connectivity index (χ1n) is 14.4. The topological polar surface area (TPSA) is 58.0 Å². The summed E-state index contributed by atoms with van der Waals surface area (Å²) >= 11 is 0. The van der Waals surface area contributed by atoms with Crippen molar-refractivity contribution in [1.29, 1.82) is 0 Å². The first kappa shape index (κ1) is 27.1. The van der Waals surface area contributed by atoms with Crippen molar-refractivity contribution < 1.29 is 14.3 Å². The van der Waals surface area contributed by atoms with Crippen LogP contribution in [0.2, 0.25) is 0 Å². The fourth-order valence-electron chi connectivity index (χ4n) is 6.67. The SMILES string of the molecule is COCCN1C(=O)c2ccccc2C(C(=O)N2CCN(c3cc(C)ccc3C)CC2)C1c1cn(C)c2ccccc12. The Morgan fingerprint density at radius 2 is 1.66 bits per heavy atom. The molecule has 0 saturated carbocycles. The normalized spacial score (nSPS) is 19.1. The molecule has 2 amide bonds. The van der Waals surface area contributed by atoms with Crippen molar-refractivity contribution in [2.24, 2.45) is 7.05 Å². The lowest BCUT2D eigenvalue weighted by molar-refractivity contribution is -0.135. The third-order valence-electron chi connectivity index (χ3n) is 8.78. The highest BCUT2D eigenvalue weighted by Gasteiger charge is 2.46. The fourth-order valence-corrected chi connectivity index (χ4v) is 6.67. The molecule has 1 aromatic heterocycles. The number of carbonyl (C=O) groups is 2. The van der Waals surface area contributed by atoms with E-state index >= 15 is 0 Å². The van der Waals surface area contributed by atoms with E-state index in [2.05, 4.69) is 59.8 Å². The Hall–Kier alpha value is -4.10. The van der Waals surface area contributed by atoms with Crippen molar-refractivity contribution in [3.8, 4) is 0 Å². The van der Waals surface area contributed by atoms with Gasteiger partial charge in [-0.25, -0.2) is 0 Å². The average molecular weight is 551 g/mol. The molecule has 2 aliphatic heterocycles. The van der Waals surface area contributed by atoms with E-state index in [4.69, 9.17) is 4.74 Å². The number of nitrogens with zero attached hydrogens (tertiary/aromatic N) is 4. The van der Waals surface area contributed by atoms with E-state index in [1.807, 2.05) is 53.2 Å². The van der Waals surface area contributed by atoms with Crippen LogP contribution in [0.15, 0.2) is 72.9 Å². The number of anilines is 1. The van der Waals surface area contributed by atoms with Gasteiger partial charge >= 0.3 is 0 Å². The molecule has 1 saturated heterocycles. The Labute approximate surface area is 241 Å². The zero-order valence-electron chi connectivity index (χ0n) is 24.3. The molecule has 3 aromatic carbocycles. The minimum atomic E-state index is -0.515. The molecule has 2 unspecified atom stereocenters. The van der Waals surface area contributed by atoms with Crippen molar-refractivity contribution in [3.05, 3.63) is 101 Å². The number of piperazine rings is 1. The maximum atomic E-state index is 14.7. The van der Waals surface area contributed by atoms with Gasteiger partial charge in [-0.15, -0.1) is 0 Å². The summed E-state index contributed by atoms with van der Waals surface area (Å²) in [5.41, 5.74) is 7.22. The minimum Gasteiger partial charge on any atom is -0.383 e. The summed E-state index contributed by atoms with van der Waals surface area (Å²) in [6.07, 6.45) is 2.09. The van der Waals surface area contributed by atoms with Crippen LogP contribution in [0.3, 0.4) is 0 Å². The van der Waals surface area contributed by atoms with Gasteiger partial charge in [-0.05, 0) is 48.7 Å². The molecule has 0 spiro atoms. The summed E-state index contributed by atoms with van der Waals surface area (Å²) < 4.78 is 7.53. The first-order chi connectivity index (χ1) is 19.9. The number of carbonyl (C=O) groups excluding carboxylic acids is 2. The Morgan fingerprint density at radius 3 is 2.44 bits per heavy atom. The third-order valence-corrected chi connectivity index (χ3v) is 8.78. The molecule has 0 aliphatic carbocycles. The summed E-state index contributed by atoms with van der Waals surface area (Å²) in [5, 5.41) is 1.06. The van der Waals surface area contributed by atoms with Gasteiger partial charge in [-0.2, -0.15) is 0 Å². The third kappa shape index (κ3) is 4.78. The molecule has 1 fully saturated rings. The molecule has 41 heavy (non-hydrogen) atoms. The highest BCUT2D eigenvalue weighted by atomic mass is 16.5. The number of para-hydroxylation sites is 1. The van der Waals surface area contributed by atoms with E-state index < -0.39 is 12.0 Å². The predicted molar refractivity (Wildman–Crippen MR) is 162 cm³/mol. The Bertz CT molecular complexity index is 1600. The average Bonchev–Trinajstić information content (AvgIpc) is 3.33. The molecular weight excluding hydrogens is 512 g/mol. The second-order valence-corrected chi connectivity index (χ2v) is 11.3. The summed E-state index contributed by atoms with van der Waals surface area (Å²) in [6, 6.07) is 22.0. The molecule has 2 atom stereocenters. The minimum absolute atomic E-state index is 0.0561. The molecule has 7 nitrogen and oxygen atoms in total. The van der Waals surface area contributed by atoms with Crippen LogP contribution >= 0.6 is 0 Å². The van der Waals surface area contributed by atoms with Gasteiger partial charge in [0, 0.05) is 80.8 Å². The van der Waals surface area contributed by atoms with Gasteiger partial charge in [0.25, 0.3) is 5.91 Å². The highest BCUT2D eigenvalue weighted by molar-refractivity contribution is 6.02. The largest absolute Gasteiger partial charge is 0.383 e. The van der Waals surface area contributed by atoms with Gasteiger partial charge in [-0.1, -0.05) is 48.5 Å². The maximum absolute atomic E-state index is 14.7. The van der Waals surface area contributed by atoms with Crippen LogP contribution < -0.4 is 4.90 Å². The van der Waals surface area contributed by atoms with Crippen molar-refractivity contribution in [3.63, 3.8) is 0 Å². The van der Waals surface area contributed by atoms with Crippen molar-refractivity contribution in [2.45, 2.75) is 25.8 Å². The molecule has 3 heterocycles. The molecular formula is C34H38N4O3. The van der Waals surface area contributed by atoms with Crippen molar-refractivity contribution in [1.82, 2.24) is 14.4 Å². The lowest BCUT2D eigenvalue weighted by Gasteiger charge is -2.44.